The van der Waals surface area contributed by atoms with Crippen molar-refractivity contribution >= 4 is 5.69 Å². The maximum Gasteiger partial charge on any atom is 0.0518 e. The highest BCUT2D eigenvalue weighted by molar-refractivity contribution is 5.39. The molecule has 0 aliphatic carbocycles. The molecule has 1 aromatic rings. The number of anilines is 1. The number of aromatic amines is 1. The first kappa shape index (κ1) is 8.14. The fraction of sp³-hybridized carbons (Fsp3) is 0.500. The summed E-state index contributed by atoms with van der Waals surface area (Å²) in [4.78, 5) is 2.99. The lowest BCUT2D eigenvalue weighted by Crippen LogP contribution is -2.21. The molecule has 0 amide bonds. The largest absolute Gasteiger partial charge is 0.383 e. The Balaban J connectivity index is 2.04. The molecule has 1 rings (SSSR count). The van der Waals surface area contributed by atoms with Crippen molar-refractivity contribution in [2.75, 3.05) is 25.0 Å². The third-order valence-corrected chi connectivity index (χ3v) is 1.48. The van der Waals surface area contributed by atoms with Gasteiger partial charge in [-0.25, -0.2) is 0 Å². The van der Waals surface area contributed by atoms with Gasteiger partial charge in [0.1, 0.15) is 0 Å². The van der Waals surface area contributed by atoms with Crippen molar-refractivity contribution in [1.82, 2.24) is 10.3 Å². The molecule has 0 saturated heterocycles. The van der Waals surface area contributed by atoms with Gasteiger partial charge in [0, 0.05) is 25.5 Å². The molecule has 3 heteroatoms. The summed E-state index contributed by atoms with van der Waals surface area (Å²) < 4.78 is 0. The van der Waals surface area contributed by atoms with Gasteiger partial charge in [-0.2, -0.15) is 0 Å². The second kappa shape index (κ2) is 4.79. The van der Waals surface area contributed by atoms with E-state index >= 15 is 0 Å². The SMILES string of the molecule is CCNCCNc1cc[nH]c1. The molecule has 1 heterocycles. The fourth-order valence-electron chi connectivity index (χ4n) is 0.906. The predicted molar refractivity (Wildman–Crippen MR) is 47.8 cm³/mol. The fourth-order valence-corrected chi connectivity index (χ4v) is 0.906. The zero-order valence-electron chi connectivity index (χ0n) is 6.85. The van der Waals surface area contributed by atoms with Crippen molar-refractivity contribution in [3.63, 3.8) is 0 Å². The maximum atomic E-state index is 3.27. The third kappa shape index (κ3) is 3.09. The maximum absolute atomic E-state index is 3.27. The molecule has 0 aliphatic rings. The summed E-state index contributed by atoms with van der Waals surface area (Å²) in [5.41, 5.74) is 1.16. The summed E-state index contributed by atoms with van der Waals surface area (Å²) in [5.74, 6) is 0. The van der Waals surface area contributed by atoms with Crippen molar-refractivity contribution in [2.45, 2.75) is 6.92 Å². The Bertz CT molecular complexity index is 169. The Morgan fingerprint density at radius 1 is 1.45 bits per heavy atom. The molecule has 0 spiro atoms. The highest BCUT2D eigenvalue weighted by atomic mass is 14.9. The van der Waals surface area contributed by atoms with Gasteiger partial charge >= 0.3 is 0 Å². The van der Waals surface area contributed by atoms with E-state index in [9.17, 15) is 0 Å². The normalized spacial score (nSPS) is 9.91. The molecule has 0 radical (unpaired) electrons. The summed E-state index contributed by atoms with van der Waals surface area (Å²) in [6, 6.07) is 2.02. The molecule has 0 aliphatic heterocycles. The second-order valence-electron chi connectivity index (χ2n) is 2.38. The summed E-state index contributed by atoms with van der Waals surface area (Å²) in [6.07, 6.45) is 3.86. The van der Waals surface area contributed by atoms with Gasteiger partial charge in [-0.1, -0.05) is 6.92 Å². The van der Waals surface area contributed by atoms with Gasteiger partial charge in [0.15, 0.2) is 0 Å². The summed E-state index contributed by atoms with van der Waals surface area (Å²) >= 11 is 0. The van der Waals surface area contributed by atoms with Gasteiger partial charge in [0.05, 0.1) is 5.69 Å². The van der Waals surface area contributed by atoms with Crippen LogP contribution in [-0.2, 0) is 0 Å². The number of likely N-dealkylation sites (N-methyl/N-ethyl adjacent to an activating group) is 1. The van der Waals surface area contributed by atoms with Crippen LogP contribution in [0.25, 0.3) is 0 Å². The number of nitrogens with one attached hydrogen (secondary N) is 3. The van der Waals surface area contributed by atoms with Crippen LogP contribution in [0.3, 0.4) is 0 Å². The molecule has 3 N–H and O–H groups in total. The highest BCUT2D eigenvalue weighted by Crippen LogP contribution is 2.01. The van der Waals surface area contributed by atoms with Crippen LogP contribution in [0.4, 0.5) is 5.69 Å². The molecule has 0 aromatic carbocycles. The lowest BCUT2D eigenvalue weighted by atomic mass is 10.5. The molecule has 1 aromatic heterocycles. The van der Waals surface area contributed by atoms with E-state index in [2.05, 4.69) is 22.5 Å². The number of rotatable bonds is 5. The zero-order chi connectivity index (χ0) is 7.94. The van der Waals surface area contributed by atoms with Gasteiger partial charge in [0.2, 0.25) is 0 Å². The molecule has 0 fully saturated rings. The molecular formula is C8H15N3. The van der Waals surface area contributed by atoms with Crippen molar-refractivity contribution in [1.29, 1.82) is 0 Å². The van der Waals surface area contributed by atoms with E-state index in [1.165, 1.54) is 0 Å². The van der Waals surface area contributed by atoms with Crippen LogP contribution in [0.2, 0.25) is 0 Å². The van der Waals surface area contributed by atoms with E-state index < -0.39 is 0 Å². The van der Waals surface area contributed by atoms with Crippen LogP contribution in [0, 0.1) is 0 Å². The van der Waals surface area contributed by atoms with Crippen LogP contribution >= 0.6 is 0 Å². The Labute approximate surface area is 67.2 Å². The lowest BCUT2D eigenvalue weighted by molar-refractivity contribution is 0.739. The first-order valence-electron chi connectivity index (χ1n) is 4.01. The van der Waals surface area contributed by atoms with E-state index in [0.717, 1.165) is 25.3 Å². The van der Waals surface area contributed by atoms with Gasteiger partial charge in [-0.15, -0.1) is 0 Å². The van der Waals surface area contributed by atoms with Crippen LogP contribution < -0.4 is 10.6 Å². The second-order valence-corrected chi connectivity index (χ2v) is 2.38. The van der Waals surface area contributed by atoms with Crippen LogP contribution in [-0.4, -0.2) is 24.6 Å². The molecule has 3 nitrogen and oxygen atoms in total. The van der Waals surface area contributed by atoms with Gasteiger partial charge in [-0.05, 0) is 12.6 Å². The Kier molecular flexibility index (Phi) is 3.55. The molecular weight excluding hydrogens is 138 g/mol. The smallest absolute Gasteiger partial charge is 0.0518 e. The van der Waals surface area contributed by atoms with E-state index in [1.807, 2.05) is 18.5 Å². The molecule has 0 bridgehead atoms. The molecule has 0 atom stereocenters. The average molecular weight is 153 g/mol. The Morgan fingerprint density at radius 2 is 2.36 bits per heavy atom. The predicted octanol–water partition coefficient (Wildman–Crippen LogP) is 1.04. The molecule has 0 unspecified atom stereocenters. The summed E-state index contributed by atoms with van der Waals surface area (Å²) in [7, 11) is 0. The van der Waals surface area contributed by atoms with Crippen molar-refractivity contribution < 1.29 is 0 Å². The van der Waals surface area contributed by atoms with Gasteiger partial charge < -0.3 is 15.6 Å². The molecule has 11 heavy (non-hydrogen) atoms. The number of aromatic nitrogens is 1. The van der Waals surface area contributed by atoms with Gasteiger partial charge in [0.25, 0.3) is 0 Å². The zero-order valence-corrected chi connectivity index (χ0v) is 6.85. The monoisotopic (exact) mass is 153 g/mol. The Morgan fingerprint density at radius 3 is 3.00 bits per heavy atom. The van der Waals surface area contributed by atoms with Crippen molar-refractivity contribution in [3.8, 4) is 0 Å². The highest BCUT2D eigenvalue weighted by Gasteiger charge is 1.88. The number of hydrogen-bond acceptors (Lipinski definition) is 2. The first-order valence-corrected chi connectivity index (χ1v) is 4.01. The number of H-pyrrole nitrogens is 1. The quantitative estimate of drug-likeness (QED) is 0.553. The van der Waals surface area contributed by atoms with Crippen LogP contribution in [0.15, 0.2) is 18.5 Å². The molecule has 0 saturated carbocycles. The van der Waals surface area contributed by atoms with Crippen LogP contribution in [0.1, 0.15) is 6.92 Å². The minimum absolute atomic E-state index is 0.978. The minimum atomic E-state index is 0.978. The third-order valence-electron chi connectivity index (χ3n) is 1.48. The standard InChI is InChI=1S/C8H15N3/c1-2-9-5-6-11-8-3-4-10-7-8/h3-4,7,9-11H,2,5-6H2,1H3. The van der Waals surface area contributed by atoms with E-state index in [0.29, 0.717) is 0 Å². The average Bonchev–Trinajstić information content (AvgIpc) is 2.50. The summed E-state index contributed by atoms with van der Waals surface area (Å²) in [6.45, 7) is 5.14. The lowest BCUT2D eigenvalue weighted by Gasteiger charge is -2.02. The van der Waals surface area contributed by atoms with Crippen molar-refractivity contribution in [3.05, 3.63) is 18.5 Å². The van der Waals surface area contributed by atoms with E-state index in [-0.39, 0.29) is 0 Å². The summed E-state index contributed by atoms with van der Waals surface area (Å²) in [5, 5.41) is 6.50. The Hall–Kier alpha value is -0.960. The first-order chi connectivity index (χ1) is 5.43. The van der Waals surface area contributed by atoms with E-state index in [1.54, 1.807) is 0 Å². The van der Waals surface area contributed by atoms with Crippen LogP contribution in [0.5, 0.6) is 0 Å². The molecule has 62 valence electrons. The number of hydrogen-bond donors (Lipinski definition) is 3. The van der Waals surface area contributed by atoms with Crippen molar-refractivity contribution in [2.24, 2.45) is 0 Å². The van der Waals surface area contributed by atoms with Gasteiger partial charge in [-0.3, -0.25) is 0 Å². The topological polar surface area (TPSA) is 39.8 Å². The minimum Gasteiger partial charge on any atom is -0.383 e. The van der Waals surface area contributed by atoms with E-state index in [4.69, 9.17) is 0 Å².